The number of aromatic nitrogens is 4. The molecule has 6 nitrogen and oxygen atoms in total. The maximum atomic E-state index is 14.1. The van der Waals surface area contributed by atoms with E-state index in [1.54, 1.807) is 6.07 Å². The first-order valence-electron chi connectivity index (χ1n) is 10.2. The van der Waals surface area contributed by atoms with Gasteiger partial charge in [0.05, 0.1) is 17.8 Å². The van der Waals surface area contributed by atoms with E-state index in [0.29, 0.717) is 17.6 Å². The highest BCUT2D eigenvalue weighted by molar-refractivity contribution is 5.48. The normalized spacial score (nSPS) is 20.5. The highest BCUT2D eigenvalue weighted by Gasteiger charge is 2.33. The third-order valence-corrected chi connectivity index (χ3v) is 5.99. The first-order chi connectivity index (χ1) is 13.1. The summed E-state index contributed by atoms with van der Waals surface area (Å²) < 4.78 is 16.2. The van der Waals surface area contributed by atoms with E-state index in [2.05, 4.69) is 43.9 Å². The molecule has 2 aromatic rings. The number of anilines is 1. The summed E-state index contributed by atoms with van der Waals surface area (Å²) in [5.74, 6) is 1.27. The first kappa shape index (κ1) is 18.3. The van der Waals surface area contributed by atoms with Crippen molar-refractivity contribution >= 4 is 5.69 Å². The van der Waals surface area contributed by atoms with Crippen molar-refractivity contribution < 1.29 is 4.39 Å². The quantitative estimate of drug-likeness (QED) is 0.805. The van der Waals surface area contributed by atoms with E-state index >= 15 is 0 Å². The molecule has 2 heterocycles. The van der Waals surface area contributed by atoms with Crippen molar-refractivity contribution in [2.45, 2.75) is 51.6 Å². The van der Waals surface area contributed by atoms with Gasteiger partial charge in [-0.2, -0.15) is 0 Å². The van der Waals surface area contributed by atoms with E-state index in [-0.39, 0.29) is 11.9 Å². The largest absolute Gasteiger partial charge is 0.367 e. The molecule has 2 fully saturated rings. The van der Waals surface area contributed by atoms with E-state index < -0.39 is 0 Å². The summed E-state index contributed by atoms with van der Waals surface area (Å²) in [5.41, 5.74) is 0.703. The highest BCUT2D eigenvalue weighted by atomic mass is 19.1. The van der Waals surface area contributed by atoms with Gasteiger partial charge in [0.15, 0.2) is 5.82 Å². The van der Waals surface area contributed by atoms with Crippen molar-refractivity contribution in [3.8, 4) is 0 Å². The zero-order valence-corrected chi connectivity index (χ0v) is 16.3. The van der Waals surface area contributed by atoms with Gasteiger partial charge in [-0.15, -0.1) is 5.10 Å². The number of nitrogens with zero attached hydrogens (tertiary/aromatic N) is 6. The number of rotatable bonds is 5. The Morgan fingerprint density at radius 1 is 1.04 bits per heavy atom. The van der Waals surface area contributed by atoms with Crippen molar-refractivity contribution in [1.82, 2.24) is 25.1 Å². The zero-order chi connectivity index (χ0) is 18.8. The molecule has 0 amide bonds. The molecule has 1 aromatic heterocycles. The topological polar surface area (TPSA) is 50.1 Å². The number of hydrogen-bond donors (Lipinski definition) is 0. The number of para-hydroxylation sites is 1. The molecule has 0 radical (unpaired) electrons. The summed E-state index contributed by atoms with van der Waals surface area (Å²) in [6.07, 6.45) is 4.86. The highest BCUT2D eigenvalue weighted by Crippen LogP contribution is 2.34. The van der Waals surface area contributed by atoms with E-state index in [9.17, 15) is 4.39 Å². The molecule has 0 N–H and O–H groups in total. The predicted molar refractivity (Wildman–Crippen MR) is 103 cm³/mol. The fraction of sp³-hybridized carbons (Fsp3) is 0.650. The molecular weight excluding hydrogens is 343 g/mol. The van der Waals surface area contributed by atoms with Crippen molar-refractivity contribution in [1.29, 1.82) is 0 Å². The lowest BCUT2D eigenvalue weighted by Gasteiger charge is -2.41. The Labute approximate surface area is 160 Å². The van der Waals surface area contributed by atoms with E-state index in [1.807, 2.05) is 12.1 Å². The molecule has 7 heteroatoms. The maximum absolute atomic E-state index is 14.1. The summed E-state index contributed by atoms with van der Waals surface area (Å²) >= 11 is 0. The molecule has 0 unspecified atom stereocenters. The second kappa shape index (κ2) is 7.92. The van der Waals surface area contributed by atoms with Gasteiger partial charge in [0.1, 0.15) is 5.82 Å². The molecule has 1 aromatic carbocycles. The van der Waals surface area contributed by atoms with Gasteiger partial charge in [-0.05, 0) is 41.3 Å². The molecule has 1 aliphatic carbocycles. The Balaban J connectivity index is 1.50. The minimum absolute atomic E-state index is 0.142. The summed E-state index contributed by atoms with van der Waals surface area (Å²) in [6.45, 7) is 7.87. The average molecular weight is 372 g/mol. The van der Waals surface area contributed by atoms with Gasteiger partial charge in [-0.1, -0.05) is 38.8 Å². The molecule has 0 spiro atoms. The van der Waals surface area contributed by atoms with Gasteiger partial charge in [0, 0.05) is 26.2 Å². The van der Waals surface area contributed by atoms with E-state index in [4.69, 9.17) is 0 Å². The summed E-state index contributed by atoms with van der Waals surface area (Å²) in [6, 6.07) is 7.68. The van der Waals surface area contributed by atoms with Gasteiger partial charge in [-0.25, -0.2) is 9.07 Å². The molecule has 1 aliphatic heterocycles. The molecule has 2 aliphatic rings. The zero-order valence-electron chi connectivity index (χ0n) is 16.3. The standard InChI is InChI=1S/C20H29FN6/c1-15(2)19(20-22-23-24-27(20)16-7-3-4-8-16)26-13-11-25(12-14-26)18-10-6-5-9-17(18)21/h5-6,9-10,15-16,19H,3-4,7-8,11-14H2,1-2H3/t19-/m0/s1. The maximum Gasteiger partial charge on any atom is 0.168 e. The Morgan fingerprint density at radius 2 is 1.74 bits per heavy atom. The Kier molecular flexibility index (Phi) is 5.38. The Hall–Kier alpha value is -2.02. The van der Waals surface area contributed by atoms with Crippen molar-refractivity contribution in [3.05, 3.63) is 35.9 Å². The summed E-state index contributed by atoms with van der Waals surface area (Å²) in [7, 11) is 0. The molecule has 4 rings (SSSR count). The van der Waals surface area contributed by atoms with Gasteiger partial charge >= 0.3 is 0 Å². The van der Waals surface area contributed by atoms with Crippen LogP contribution in [0.1, 0.15) is 57.4 Å². The van der Waals surface area contributed by atoms with Gasteiger partial charge < -0.3 is 4.90 Å². The van der Waals surface area contributed by atoms with E-state index in [1.165, 1.54) is 31.7 Å². The van der Waals surface area contributed by atoms with E-state index in [0.717, 1.165) is 32.0 Å². The predicted octanol–water partition coefficient (Wildman–Crippen LogP) is 3.45. The molecule has 1 saturated heterocycles. The monoisotopic (exact) mass is 372 g/mol. The lowest BCUT2D eigenvalue weighted by Crippen LogP contribution is -2.49. The first-order valence-corrected chi connectivity index (χ1v) is 10.2. The smallest absolute Gasteiger partial charge is 0.168 e. The Bertz CT molecular complexity index is 746. The van der Waals surface area contributed by atoms with Crippen LogP contribution in [0.15, 0.2) is 24.3 Å². The molecule has 27 heavy (non-hydrogen) atoms. The third kappa shape index (κ3) is 3.70. The fourth-order valence-corrected chi connectivity index (χ4v) is 4.64. The minimum Gasteiger partial charge on any atom is -0.367 e. The number of hydrogen-bond acceptors (Lipinski definition) is 5. The fourth-order valence-electron chi connectivity index (χ4n) is 4.64. The van der Waals surface area contributed by atoms with Crippen molar-refractivity contribution in [2.75, 3.05) is 31.1 Å². The van der Waals surface area contributed by atoms with Gasteiger partial charge in [0.2, 0.25) is 0 Å². The molecule has 1 atom stereocenters. The lowest BCUT2D eigenvalue weighted by atomic mass is 10.00. The number of halogens is 1. The summed E-state index contributed by atoms with van der Waals surface area (Å²) in [4.78, 5) is 4.61. The summed E-state index contributed by atoms with van der Waals surface area (Å²) in [5, 5.41) is 12.8. The van der Waals surface area contributed by atoms with Crippen LogP contribution in [0.3, 0.4) is 0 Å². The van der Waals surface area contributed by atoms with Crippen LogP contribution in [0.4, 0.5) is 10.1 Å². The van der Waals surface area contributed by atoms with Crippen LogP contribution in [0.2, 0.25) is 0 Å². The number of piperazine rings is 1. The van der Waals surface area contributed by atoms with Crippen LogP contribution in [0.5, 0.6) is 0 Å². The van der Waals surface area contributed by atoms with Crippen LogP contribution in [0, 0.1) is 11.7 Å². The number of benzene rings is 1. The lowest BCUT2D eigenvalue weighted by molar-refractivity contribution is 0.132. The Morgan fingerprint density at radius 3 is 2.41 bits per heavy atom. The van der Waals surface area contributed by atoms with Crippen LogP contribution >= 0.6 is 0 Å². The van der Waals surface area contributed by atoms with Crippen LogP contribution in [-0.2, 0) is 0 Å². The van der Waals surface area contributed by atoms with Crippen LogP contribution in [0.25, 0.3) is 0 Å². The minimum atomic E-state index is -0.142. The second-order valence-electron chi connectivity index (χ2n) is 8.08. The molecule has 1 saturated carbocycles. The number of tetrazole rings is 1. The molecule has 0 bridgehead atoms. The SMILES string of the molecule is CC(C)[C@@H](c1nnnn1C1CCCC1)N1CCN(c2ccccc2F)CC1. The van der Waals surface area contributed by atoms with Crippen molar-refractivity contribution in [3.63, 3.8) is 0 Å². The second-order valence-corrected chi connectivity index (χ2v) is 8.08. The van der Waals surface area contributed by atoms with Crippen LogP contribution in [-0.4, -0.2) is 51.3 Å². The average Bonchev–Trinajstić information content (AvgIpc) is 3.34. The third-order valence-electron chi connectivity index (χ3n) is 5.99. The van der Waals surface area contributed by atoms with Gasteiger partial charge in [0.25, 0.3) is 0 Å². The van der Waals surface area contributed by atoms with Crippen LogP contribution < -0.4 is 4.90 Å². The van der Waals surface area contributed by atoms with Gasteiger partial charge in [-0.3, -0.25) is 4.90 Å². The molecule has 146 valence electrons. The molecular formula is C20H29FN6. The van der Waals surface area contributed by atoms with Crippen molar-refractivity contribution in [2.24, 2.45) is 5.92 Å².